The maximum absolute atomic E-state index is 12.9. The van der Waals surface area contributed by atoms with E-state index in [1.165, 1.54) is 12.1 Å². The first-order chi connectivity index (χ1) is 7.89. The first-order valence-corrected chi connectivity index (χ1v) is 7.29. The number of rotatable bonds is 2. The van der Waals surface area contributed by atoms with Crippen LogP contribution in [0.1, 0.15) is 16.8 Å². The molecule has 0 radical (unpaired) electrons. The van der Waals surface area contributed by atoms with Crippen molar-refractivity contribution in [2.24, 2.45) is 5.92 Å². The predicted molar refractivity (Wildman–Crippen MR) is 62.5 cm³/mol. The van der Waals surface area contributed by atoms with E-state index >= 15 is 0 Å². The first-order valence-electron chi connectivity index (χ1n) is 5.09. The molecule has 1 aromatic carbocycles. The van der Waals surface area contributed by atoms with Crippen LogP contribution < -0.4 is 0 Å². The summed E-state index contributed by atoms with van der Waals surface area (Å²) >= 11 is 5.58. The van der Waals surface area contributed by atoms with Crippen LogP contribution in [0.15, 0.2) is 18.2 Å². The van der Waals surface area contributed by atoms with Gasteiger partial charge in [0.1, 0.15) is 5.82 Å². The Bertz CT molecular complexity index is 568. The third-order valence-corrected chi connectivity index (χ3v) is 4.86. The Balaban J connectivity index is 2.23. The summed E-state index contributed by atoms with van der Waals surface area (Å²) in [5, 5.41) is -0.128. The Morgan fingerprint density at radius 2 is 2.12 bits per heavy atom. The Kier molecular flexibility index (Phi) is 3.23. The Hall–Kier alpha value is -0.940. The van der Waals surface area contributed by atoms with Gasteiger partial charge in [-0.3, -0.25) is 4.79 Å². The summed E-state index contributed by atoms with van der Waals surface area (Å²) in [7, 11) is -3.09. The van der Waals surface area contributed by atoms with Crippen LogP contribution in [0.25, 0.3) is 0 Å². The van der Waals surface area contributed by atoms with Crippen LogP contribution in [0, 0.1) is 11.7 Å². The average Bonchev–Trinajstić information content (AvgIpc) is 2.62. The third-order valence-electron chi connectivity index (χ3n) is 2.81. The van der Waals surface area contributed by atoms with E-state index in [0.29, 0.717) is 6.42 Å². The fraction of sp³-hybridized carbons (Fsp3) is 0.364. The van der Waals surface area contributed by atoms with Gasteiger partial charge in [-0.25, -0.2) is 12.8 Å². The molecule has 17 heavy (non-hydrogen) atoms. The second kappa shape index (κ2) is 4.38. The number of ketones is 1. The van der Waals surface area contributed by atoms with E-state index in [9.17, 15) is 17.6 Å². The zero-order valence-corrected chi connectivity index (χ0v) is 10.4. The van der Waals surface area contributed by atoms with Crippen molar-refractivity contribution < 1.29 is 17.6 Å². The molecule has 1 fully saturated rings. The van der Waals surface area contributed by atoms with Gasteiger partial charge in [0.15, 0.2) is 15.6 Å². The van der Waals surface area contributed by atoms with E-state index in [-0.39, 0.29) is 27.9 Å². The zero-order valence-electron chi connectivity index (χ0n) is 8.82. The van der Waals surface area contributed by atoms with Gasteiger partial charge in [0.25, 0.3) is 0 Å². The van der Waals surface area contributed by atoms with Gasteiger partial charge in [0.05, 0.1) is 16.5 Å². The zero-order chi connectivity index (χ0) is 12.6. The van der Waals surface area contributed by atoms with Crippen LogP contribution in [0.3, 0.4) is 0 Å². The minimum absolute atomic E-state index is 0.0400. The highest BCUT2D eigenvalue weighted by atomic mass is 35.5. The van der Waals surface area contributed by atoms with Crippen molar-refractivity contribution >= 4 is 27.2 Å². The van der Waals surface area contributed by atoms with Crippen molar-refractivity contribution in [2.75, 3.05) is 11.5 Å². The molecular formula is C11H10ClFO3S. The van der Waals surface area contributed by atoms with Gasteiger partial charge in [-0.05, 0) is 24.6 Å². The van der Waals surface area contributed by atoms with Gasteiger partial charge in [-0.1, -0.05) is 11.6 Å². The second-order valence-electron chi connectivity index (χ2n) is 4.09. The normalized spacial score (nSPS) is 22.6. The molecule has 1 aliphatic rings. The largest absolute Gasteiger partial charge is 0.294 e. The number of sulfone groups is 1. The molecule has 6 heteroatoms. The summed E-state index contributed by atoms with van der Waals surface area (Å²) in [4.78, 5) is 12.0. The lowest BCUT2D eigenvalue weighted by molar-refractivity contribution is 0.0933. The van der Waals surface area contributed by atoms with Crippen LogP contribution in [0.4, 0.5) is 4.39 Å². The summed E-state index contributed by atoms with van der Waals surface area (Å²) in [5.41, 5.74) is 0.263. The number of hydrogen-bond donors (Lipinski definition) is 0. The Morgan fingerprint density at radius 1 is 1.41 bits per heavy atom. The van der Waals surface area contributed by atoms with Crippen molar-refractivity contribution in [1.29, 1.82) is 0 Å². The van der Waals surface area contributed by atoms with Gasteiger partial charge in [-0.15, -0.1) is 0 Å². The standard InChI is InChI=1S/C11H10ClFO3S/c12-9-5-7(1-2-10(9)13)11(14)8-3-4-17(15,16)6-8/h1-2,5,8H,3-4,6H2. The lowest BCUT2D eigenvalue weighted by atomic mass is 9.97. The molecule has 0 bridgehead atoms. The van der Waals surface area contributed by atoms with Crippen LogP contribution in [0.5, 0.6) is 0 Å². The molecule has 2 rings (SSSR count). The smallest absolute Gasteiger partial charge is 0.167 e. The van der Waals surface area contributed by atoms with Crippen molar-refractivity contribution in [2.45, 2.75) is 6.42 Å². The van der Waals surface area contributed by atoms with E-state index < -0.39 is 21.6 Å². The molecule has 1 atom stereocenters. The summed E-state index contributed by atoms with van der Waals surface area (Å²) in [6.45, 7) is 0. The van der Waals surface area contributed by atoms with Gasteiger partial charge in [-0.2, -0.15) is 0 Å². The summed E-state index contributed by atoms with van der Waals surface area (Å²) in [6, 6.07) is 3.68. The molecule has 1 aromatic rings. The molecule has 0 amide bonds. The summed E-state index contributed by atoms with van der Waals surface area (Å²) in [6.07, 6.45) is 0.330. The average molecular weight is 277 g/mol. The minimum Gasteiger partial charge on any atom is -0.294 e. The third kappa shape index (κ3) is 2.66. The molecule has 0 saturated carbocycles. The van der Waals surface area contributed by atoms with Gasteiger partial charge >= 0.3 is 0 Å². The van der Waals surface area contributed by atoms with Gasteiger partial charge in [0.2, 0.25) is 0 Å². The van der Waals surface area contributed by atoms with E-state index in [1.807, 2.05) is 0 Å². The van der Waals surface area contributed by atoms with Crippen molar-refractivity contribution in [3.05, 3.63) is 34.6 Å². The summed E-state index contributed by atoms with van der Waals surface area (Å²) in [5.74, 6) is -1.49. The van der Waals surface area contributed by atoms with Crippen LogP contribution >= 0.6 is 11.6 Å². The molecule has 3 nitrogen and oxygen atoms in total. The number of Topliss-reactive ketones (excluding diaryl/α,β-unsaturated/α-hetero) is 1. The summed E-state index contributed by atoms with van der Waals surface area (Å²) < 4.78 is 35.4. The molecule has 0 spiro atoms. The quantitative estimate of drug-likeness (QED) is 0.777. The maximum Gasteiger partial charge on any atom is 0.167 e. The number of halogens is 2. The molecule has 0 aliphatic carbocycles. The molecule has 1 aliphatic heterocycles. The Morgan fingerprint density at radius 3 is 2.65 bits per heavy atom. The molecule has 1 unspecified atom stereocenters. The number of hydrogen-bond acceptors (Lipinski definition) is 3. The van der Waals surface area contributed by atoms with E-state index in [0.717, 1.165) is 6.07 Å². The maximum atomic E-state index is 12.9. The molecule has 1 heterocycles. The highest BCUT2D eigenvalue weighted by Crippen LogP contribution is 2.24. The fourth-order valence-electron chi connectivity index (χ4n) is 1.89. The number of carbonyl (C=O) groups is 1. The molecule has 0 aromatic heterocycles. The highest BCUT2D eigenvalue weighted by Gasteiger charge is 2.33. The second-order valence-corrected chi connectivity index (χ2v) is 6.73. The van der Waals surface area contributed by atoms with Crippen LogP contribution in [-0.2, 0) is 9.84 Å². The highest BCUT2D eigenvalue weighted by molar-refractivity contribution is 7.91. The molecule has 92 valence electrons. The first kappa shape index (κ1) is 12.5. The minimum atomic E-state index is -3.09. The topological polar surface area (TPSA) is 51.2 Å². The molecule has 0 N–H and O–H groups in total. The number of carbonyl (C=O) groups excluding carboxylic acids is 1. The van der Waals surface area contributed by atoms with Crippen molar-refractivity contribution in [3.63, 3.8) is 0 Å². The van der Waals surface area contributed by atoms with Gasteiger partial charge in [0, 0.05) is 11.5 Å². The molecular weight excluding hydrogens is 267 g/mol. The van der Waals surface area contributed by atoms with Crippen LogP contribution in [0.2, 0.25) is 5.02 Å². The van der Waals surface area contributed by atoms with Crippen LogP contribution in [-0.4, -0.2) is 25.7 Å². The predicted octanol–water partition coefficient (Wildman–Crippen LogP) is 2.10. The van der Waals surface area contributed by atoms with Crippen molar-refractivity contribution in [3.8, 4) is 0 Å². The number of benzene rings is 1. The SMILES string of the molecule is O=C(c1ccc(F)c(Cl)c1)C1CCS(=O)(=O)C1. The van der Waals surface area contributed by atoms with E-state index in [1.54, 1.807) is 0 Å². The van der Waals surface area contributed by atoms with Crippen molar-refractivity contribution in [1.82, 2.24) is 0 Å². The van der Waals surface area contributed by atoms with E-state index in [4.69, 9.17) is 11.6 Å². The van der Waals surface area contributed by atoms with Gasteiger partial charge < -0.3 is 0 Å². The van der Waals surface area contributed by atoms with E-state index in [2.05, 4.69) is 0 Å². The fourth-order valence-corrected chi connectivity index (χ4v) is 3.81. The lowest BCUT2D eigenvalue weighted by Crippen LogP contribution is -2.16. The molecule has 1 saturated heterocycles. The Labute approximate surface area is 104 Å². The monoisotopic (exact) mass is 276 g/mol. The lowest BCUT2D eigenvalue weighted by Gasteiger charge is -2.07.